The van der Waals surface area contributed by atoms with Crippen LogP contribution in [0.1, 0.15) is 38.9 Å². The highest BCUT2D eigenvalue weighted by Gasteiger charge is 2.23. The molecule has 128 valence electrons. The smallest absolute Gasteiger partial charge is 0.255 e. The molecule has 0 fully saturated rings. The molecule has 0 aliphatic rings. The van der Waals surface area contributed by atoms with E-state index in [0.717, 1.165) is 15.6 Å². The number of thiazole rings is 1. The Kier molecular flexibility index (Phi) is 5.56. The molecule has 0 saturated heterocycles. The molecular formula is C17H21N3O3S. The number of benzene rings is 1. The Hall–Kier alpha value is -2.41. The van der Waals surface area contributed by atoms with Crippen molar-refractivity contribution in [2.75, 3.05) is 13.7 Å². The van der Waals surface area contributed by atoms with Gasteiger partial charge in [0.2, 0.25) is 0 Å². The third kappa shape index (κ3) is 4.11. The molecule has 0 radical (unpaired) electrons. The van der Waals surface area contributed by atoms with Crippen LogP contribution in [0.25, 0.3) is 0 Å². The Labute approximate surface area is 145 Å². The Morgan fingerprint density at radius 2 is 2.08 bits per heavy atom. The summed E-state index contributed by atoms with van der Waals surface area (Å²) in [5.74, 6) is -0.273. The molecular weight excluding hydrogens is 326 g/mol. The fraction of sp³-hybridized carbons (Fsp3) is 0.353. The minimum atomic E-state index is -0.563. The van der Waals surface area contributed by atoms with Gasteiger partial charge in [-0.1, -0.05) is 6.07 Å². The lowest BCUT2D eigenvalue weighted by Gasteiger charge is -2.24. The van der Waals surface area contributed by atoms with E-state index in [-0.39, 0.29) is 18.6 Å². The molecule has 2 aromatic rings. The molecule has 1 aromatic heterocycles. The summed E-state index contributed by atoms with van der Waals surface area (Å²) in [4.78, 5) is 30.8. The average Bonchev–Trinajstić information content (AvgIpc) is 2.89. The maximum absolute atomic E-state index is 12.7. The zero-order valence-electron chi connectivity index (χ0n) is 14.2. The van der Waals surface area contributed by atoms with Crippen LogP contribution < -0.4 is 10.5 Å². The fourth-order valence-corrected chi connectivity index (χ4v) is 3.28. The van der Waals surface area contributed by atoms with Crippen LogP contribution in [0.5, 0.6) is 5.75 Å². The molecule has 2 amide bonds. The van der Waals surface area contributed by atoms with Crippen molar-refractivity contribution in [3.63, 3.8) is 0 Å². The normalized spacial score (nSPS) is 11.8. The highest BCUT2D eigenvalue weighted by atomic mass is 32.1. The number of primary amides is 1. The Balaban J connectivity index is 2.16. The Bertz CT molecular complexity index is 757. The molecule has 2 rings (SSSR count). The van der Waals surface area contributed by atoms with E-state index in [1.165, 1.54) is 0 Å². The average molecular weight is 347 g/mol. The SMILES string of the molecule is Cc1nc([C@H](C)N(C)C(=O)c2cccc(OCC(N)=O)c2)c(C)s1. The maximum atomic E-state index is 12.7. The first-order chi connectivity index (χ1) is 11.3. The number of hydrogen-bond acceptors (Lipinski definition) is 5. The molecule has 0 aliphatic carbocycles. The number of aromatic nitrogens is 1. The molecule has 24 heavy (non-hydrogen) atoms. The summed E-state index contributed by atoms with van der Waals surface area (Å²) in [7, 11) is 1.75. The van der Waals surface area contributed by atoms with E-state index in [1.54, 1.807) is 47.5 Å². The number of rotatable bonds is 6. The van der Waals surface area contributed by atoms with Crippen LogP contribution in [0.3, 0.4) is 0 Å². The van der Waals surface area contributed by atoms with Gasteiger partial charge in [-0.2, -0.15) is 0 Å². The summed E-state index contributed by atoms with van der Waals surface area (Å²) >= 11 is 1.62. The lowest BCUT2D eigenvalue weighted by molar-refractivity contribution is -0.119. The summed E-state index contributed by atoms with van der Waals surface area (Å²) in [6.07, 6.45) is 0. The van der Waals surface area contributed by atoms with Crippen molar-refractivity contribution >= 4 is 23.2 Å². The van der Waals surface area contributed by atoms with Gasteiger partial charge in [0.05, 0.1) is 16.7 Å². The largest absolute Gasteiger partial charge is 0.484 e. The summed E-state index contributed by atoms with van der Waals surface area (Å²) in [6, 6.07) is 6.56. The highest BCUT2D eigenvalue weighted by Crippen LogP contribution is 2.27. The first kappa shape index (κ1) is 17.9. The molecule has 0 unspecified atom stereocenters. The molecule has 0 bridgehead atoms. The van der Waals surface area contributed by atoms with Gasteiger partial charge in [0.25, 0.3) is 11.8 Å². The van der Waals surface area contributed by atoms with Gasteiger partial charge in [-0.15, -0.1) is 11.3 Å². The van der Waals surface area contributed by atoms with E-state index in [1.807, 2.05) is 20.8 Å². The second-order valence-corrected chi connectivity index (χ2v) is 6.96. The topological polar surface area (TPSA) is 85.5 Å². The summed E-state index contributed by atoms with van der Waals surface area (Å²) < 4.78 is 5.25. The van der Waals surface area contributed by atoms with Gasteiger partial charge in [0, 0.05) is 17.5 Å². The Morgan fingerprint density at radius 1 is 1.38 bits per heavy atom. The quantitative estimate of drug-likeness (QED) is 0.870. The molecule has 0 aliphatic heterocycles. The van der Waals surface area contributed by atoms with Crippen LogP contribution in [0.2, 0.25) is 0 Å². The number of carbonyl (C=O) groups excluding carboxylic acids is 2. The maximum Gasteiger partial charge on any atom is 0.255 e. The predicted octanol–water partition coefficient (Wildman–Crippen LogP) is 2.46. The van der Waals surface area contributed by atoms with Crippen molar-refractivity contribution in [3.05, 3.63) is 45.4 Å². The zero-order valence-corrected chi connectivity index (χ0v) is 15.0. The van der Waals surface area contributed by atoms with Gasteiger partial charge < -0.3 is 15.4 Å². The van der Waals surface area contributed by atoms with Crippen molar-refractivity contribution in [2.45, 2.75) is 26.8 Å². The zero-order chi connectivity index (χ0) is 17.9. The van der Waals surface area contributed by atoms with Crippen molar-refractivity contribution in [2.24, 2.45) is 5.73 Å². The van der Waals surface area contributed by atoms with Crippen LogP contribution >= 0.6 is 11.3 Å². The van der Waals surface area contributed by atoms with E-state index in [0.29, 0.717) is 11.3 Å². The van der Waals surface area contributed by atoms with Gasteiger partial charge in [-0.3, -0.25) is 9.59 Å². The van der Waals surface area contributed by atoms with Crippen LogP contribution in [-0.4, -0.2) is 35.4 Å². The first-order valence-electron chi connectivity index (χ1n) is 7.52. The summed E-state index contributed by atoms with van der Waals surface area (Å²) in [5, 5.41) is 0.983. The van der Waals surface area contributed by atoms with Crippen LogP contribution in [0.15, 0.2) is 24.3 Å². The third-order valence-corrected chi connectivity index (χ3v) is 4.60. The van der Waals surface area contributed by atoms with E-state index in [2.05, 4.69) is 4.98 Å². The number of aryl methyl sites for hydroxylation is 2. The van der Waals surface area contributed by atoms with Gasteiger partial charge in [-0.25, -0.2) is 4.98 Å². The number of nitrogens with zero attached hydrogens (tertiary/aromatic N) is 2. The third-order valence-electron chi connectivity index (χ3n) is 3.70. The van der Waals surface area contributed by atoms with E-state index < -0.39 is 5.91 Å². The van der Waals surface area contributed by atoms with E-state index >= 15 is 0 Å². The number of nitrogens with two attached hydrogens (primary N) is 1. The van der Waals surface area contributed by atoms with E-state index in [9.17, 15) is 9.59 Å². The second-order valence-electron chi connectivity index (χ2n) is 5.55. The second kappa shape index (κ2) is 7.44. The lowest BCUT2D eigenvalue weighted by Crippen LogP contribution is -2.30. The molecule has 0 saturated carbocycles. The van der Waals surface area contributed by atoms with Crippen LogP contribution in [0, 0.1) is 13.8 Å². The first-order valence-corrected chi connectivity index (χ1v) is 8.33. The van der Waals surface area contributed by atoms with Gasteiger partial charge >= 0.3 is 0 Å². The van der Waals surface area contributed by atoms with Gasteiger partial charge in [0.15, 0.2) is 6.61 Å². The van der Waals surface area contributed by atoms with Crippen LogP contribution in [0.4, 0.5) is 0 Å². The van der Waals surface area contributed by atoms with Crippen molar-refractivity contribution in [3.8, 4) is 5.75 Å². The molecule has 6 nitrogen and oxygen atoms in total. The standard InChI is InChI=1S/C17H21N3O3S/c1-10(16-11(2)24-12(3)19-16)20(4)17(22)13-6-5-7-14(8-13)23-9-15(18)21/h5-8,10H,9H2,1-4H3,(H2,18,21)/t10-/m0/s1. The van der Waals surface area contributed by atoms with Gasteiger partial charge in [-0.05, 0) is 39.0 Å². The Morgan fingerprint density at radius 3 is 2.67 bits per heavy atom. The molecule has 2 N–H and O–H groups in total. The monoisotopic (exact) mass is 347 g/mol. The molecule has 0 spiro atoms. The van der Waals surface area contributed by atoms with Crippen LogP contribution in [-0.2, 0) is 4.79 Å². The number of carbonyl (C=O) groups is 2. The summed E-state index contributed by atoms with van der Waals surface area (Å²) in [6.45, 7) is 5.69. The highest BCUT2D eigenvalue weighted by molar-refractivity contribution is 7.11. The fourth-order valence-electron chi connectivity index (χ4n) is 2.37. The molecule has 1 atom stereocenters. The minimum Gasteiger partial charge on any atom is -0.484 e. The van der Waals surface area contributed by atoms with Crippen molar-refractivity contribution in [1.29, 1.82) is 0 Å². The minimum absolute atomic E-state index is 0.141. The van der Waals surface area contributed by atoms with E-state index in [4.69, 9.17) is 10.5 Å². The van der Waals surface area contributed by atoms with Crippen molar-refractivity contribution < 1.29 is 14.3 Å². The molecule has 1 heterocycles. The molecule has 7 heteroatoms. The number of amides is 2. The number of hydrogen-bond donors (Lipinski definition) is 1. The molecule has 1 aromatic carbocycles. The van der Waals surface area contributed by atoms with Crippen molar-refractivity contribution in [1.82, 2.24) is 9.88 Å². The lowest BCUT2D eigenvalue weighted by atomic mass is 10.1. The number of ether oxygens (including phenoxy) is 1. The predicted molar refractivity (Wildman–Crippen MR) is 93.2 cm³/mol. The van der Waals surface area contributed by atoms with Gasteiger partial charge in [0.1, 0.15) is 5.75 Å². The summed E-state index contributed by atoms with van der Waals surface area (Å²) in [5.41, 5.74) is 6.46.